The van der Waals surface area contributed by atoms with Gasteiger partial charge in [0.1, 0.15) is 0 Å². The smallest absolute Gasteiger partial charge is 0.277 e. The highest BCUT2D eigenvalue weighted by atomic mass is 16.6. The summed E-state index contributed by atoms with van der Waals surface area (Å²) >= 11 is 0. The Morgan fingerprint density at radius 2 is 1.82 bits per heavy atom. The van der Waals surface area contributed by atoms with E-state index in [4.69, 9.17) is 5.73 Å². The number of nitrogens with zero attached hydrogens (tertiary/aromatic N) is 1. The minimum Gasteiger partial charge on any atom is -0.398 e. The summed E-state index contributed by atoms with van der Waals surface area (Å²) in [4.78, 5) is 10.6. The Kier molecular flexibility index (Phi) is 2.78. The predicted octanol–water partition coefficient (Wildman–Crippen LogP) is 3.15. The van der Waals surface area contributed by atoms with Crippen LogP contribution in [0.3, 0.4) is 0 Å². The Hall–Kier alpha value is -2.36. The molecule has 0 saturated heterocycles. The Balaban J connectivity index is 2.70. The Morgan fingerprint density at radius 1 is 1.12 bits per heavy atom. The molecular weight excluding hydrogens is 216 g/mol. The maximum atomic E-state index is 11.0. The molecule has 4 nitrogen and oxygen atoms in total. The zero-order valence-electron chi connectivity index (χ0n) is 9.38. The van der Waals surface area contributed by atoms with Crippen LogP contribution in [0, 0.1) is 17.0 Å². The lowest BCUT2D eigenvalue weighted by Gasteiger charge is -2.07. The van der Waals surface area contributed by atoms with Gasteiger partial charge in [-0.05, 0) is 19.1 Å². The van der Waals surface area contributed by atoms with E-state index in [0.717, 1.165) is 5.56 Å². The molecule has 0 aliphatic heterocycles. The highest BCUT2D eigenvalue weighted by Gasteiger charge is 2.16. The van der Waals surface area contributed by atoms with Gasteiger partial charge in [0.25, 0.3) is 5.69 Å². The zero-order valence-corrected chi connectivity index (χ0v) is 9.38. The lowest BCUT2D eigenvalue weighted by Crippen LogP contribution is -1.95. The number of para-hydroxylation sites is 1. The maximum absolute atomic E-state index is 11.0. The first-order chi connectivity index (χ1) is 8.09. The number of benzene rings is 2. The van der Waals surface area contributed by atoms with Gasteiger partial charge in [0, 0.05) is 17.3 Å². The monoisotopic (exact) mass is 228 g/mol. The lowest BCUT2D eigenvalue weighted by molar-refractivity contribution is -0.384. The third-order valence-corrected chi connectivity index (χ3v) is 2.60. The number of nitro benzene ring substituents is 1. The van der Waals surface area contributed by atoms with Crippen LogP contribution in [0.2, 0.25) is 0 Å². The van der Waals surface area contributed by atoms with E-state index in [0.29, 0.717) is 16.8 Å². The van der Waals surface area contributed by atoms with Gasteiger partial charge in [0.05, 0.1) is 10.5 Å². The molecule has 0 aromatic heterocycles. The summed E-state index contributed by atoms with van der Waals surface area (Å²) in [7, 11) is 0. The number of hydrogen-bond acceptors (Lipinski definition) is 3. The molecule has 0 atom stereocenters. The van der Waals surface area contributed by atoms with Crippen molar-refractivity contribution in [3.63, 3.8) is 0 Å². The molecule has 0 bridgehead atoms. The van der Waals surface area contributed by atoms with Crippen LogP contribution < -0.4 is 5.73 Å². The van der Waals surface area contributed by atoms with E-state index in [1.54, 1.807) is 30.3 Å². The van der Waals surface area contributed by atoms with Crippen LogP contribution in [-0.4, -0.2) is 4.92 Å². The first kappa shape index (κ1) is 11.1. The maximum Gasteiger partial charge on any atom is 0.277 e. The van der Waals surface area contributed by atoms with Crippen LogP contribution in [0.4, 0.5) is 11.4 Å². The molecule has 0 fully saturated rings. The molecule has 17 heavy (non-hydrogen) atoms. The Morgan fingerprint density at radius 3 is 2.47 bits per heavy atom. The summed E-state index contributed by atoms with van der Waals surface area (Å²) in [5, 5.41) is 11.0. The van der Waals surface area contributed by atoms with Crippen molar-refractivity contribution in [3.8, 4) is 11.1 Å². The second-order valence-electron chi connectivity index (χ2n) is 3.86. The average molecular weight is 228 g/mol. The molecule has 4 heteroatoms. The second kappa shape index (κ2) is 4.25. The van der Waals surface area contributed by atoms with Gasteiger partial charge < -0.3 is 5.73 Å². The van der Waals surface area contributed by atoms with Crippen molar-refractivity contribution in [1.29, 1.82) is 0 Å². The molecule has 2 aromatic carbocycles. The van der Waals surface area contributed by atoms with Crippen LogP contribution in [0.1, 0.15) is 5.56 Å². The number of anilines is 1. The van der Waals surface area contributed by atoms with Gasteiger partial charge in [-0.15, -0.1) is 0 Å². The van der Waals surface area contributed by atoms with E-state index < -0.39 is 0 Å². The Bertz CT molecular complexity index is 579. The van der Waals surface area contributed by atoms with Gasteiger partial charge in [-0.1, -0.05) is 29.8 Å². The number of nitrogen functional groups attached to an aromatic ring is 1. The fourth-order valence-corrected chi connectivity index (χ4v) is 1.77. The van der Waals surface area contributed by atoms with Crippen LogP contribution in [0.25, 0.3) is 11.1 Å². The first-order valence-corrected chi connectivity index (χ1v) is 5.19. The minimum atomic E-state index is -0.388. The highest BCUT2D eigenvalue weighted by Crippen LogP contribution is 2.33. The number of rotatable bonds is 2. The topological polar surface area (TPSA) is 69.2 Å². The molecule has 0 aliphatic rings. The molecular formula is C13H12N2O2. The van der Waals surface area contributed by atoms with Crippen LogP contribution in [0.5, 0.6) is 0 Å². The lowest BCUT2D eigenvalue weighted by atomic mass is 10.00. The molecule has 86 valence electrons. The van der Waals surface area contributed by atoms with E-state index in [1.165, 1.54) is 6.07 Å². The zero-order chi connectivity index (χ0) is 12.4. The van der Waals surface area contributed by atoms with Crippen molar-refractivity contribution < 1.29 is 4.92 Å². The Labute approximate surface area is 98.8 Å². The minimum absolute atomic E-state index is 0.0773. The van der Waals surface area contributed by atoms with Gasteiger partial charge in [-0.25, -0.2) is 0 Å². The van der Waals surface area contributed by atoms with Gasteiger partial charge in [-0.2, -0.15) is 0 Å². The van der Waals surface area contributed by atoms with E-state index in [-0.39, 0.29) is 10.6 Å². The summed E-state index contributed by atoms with van der Waals surface area (Å²) in [5.41, 5.74) is 8.70. The van der Waals surface area contributed by atoms with Crippen molar-refractivity contribution in [2.75, 3.05) is 5.73 Å². The van der Waals surface area contributed by atoms with E-state index >= 15 is 0 Å². The van der Waals surface area contributed by atoms with Gasteiger partial charge >= 0.3 is 0 Å². The molecule has 2 rings (SSSR count). The number of aryl methyl sites for hydroxylation is 1. The number of hydrogen-bond donors (Lipinski definition) is 1. The first-order valence-electron chi connectivity index (χ1n) is 5.19. The summed E-state index contributed by atoms with van der Waals surface area (Å²) in [6.07, 6.45) is 0. The van der Waals surface area contributed by atoms with Gasteiger partial charge in [0.15, 0.2) is 0 Å². The van der Waals surface area contributed by atoms with Crippen LogP contribution >= 0.6 is 0 Å². The summed E-state index contributed by atoms with van der Waals surface area (Å²) in [6.45, 7) is 1.90. The summed E-state index contributed by atoms with van der Waals surface area (Å²) in [6, 6.07) is 12.2. The third-order valence-electron chi connectivity index (χ3n) is 2.60. The van der Waals surface area contributed by atoms with E-state index in [1.807, 2.05) is 13.0 Å². The van der Waals surface area contributed by atoms with Crippen LogP contribution in [0.15, 0.2) is 42.5 Å². The molecule has 2 aromatic rings. The van der Waals surface area contributed by atoms with Crippen molar-refractivity contribution in [2.24, 2.45) is 0 Å². The molecule has 2 N–H and O–H groups in total. The summed E-state index contributed by atoms with van der Waals surface area (Å²) in [5.74, 6) is 0. The fraction of sp³-hybridized carbons (Fsp3) is 0.0769. The highest BCUT2D eigenvalue weighted by molar-refractivity contribution is 5.82. The van der Waals surface area contributed by atoms with Crippen molar-refractivity contribution >= 4 is 11.4 Å². The van der Waals surface area contributed by atoms with E-state index in [9.17, 15) is 10.1 Å². The van der Waals surface area contributed by atoms with Crippen molar-refractivity contribution in [3.05, 3.63) is 58.1 Å². The average Bonchev–Trinajstić information content (AvgIpc) is 2.29. The van der Waals surface area contributed by atoms with Gasteiger partial charge in [-0.3, -0.25) is 10.1 Å². The predicted molar refractivity (Wildman–Crippen MR) is 67.7 cm³/mol. The molecule has 0 amide bonds. The molecule has 0 radical (unpaired) electrons. The molecule has 0 saturated carbocycles. The standard InChI is InChI=1S/C13H12N2O2/c1-9-6-7-13(15(16)17)11(8-9)10-4-2-3-5-12(10)14/h2-8H,14H2,1H3. The van der Waals surface area contributed by atoms with E-state index in [2.05, 4.69) is 0 Å². The summed E-state index contributed by atoms with van der Waals surface area (Å²) < 4.78 is 0. The molecule has 0 spiro atoms. The largest absolute Gasteiger partial charge is 0.398 e. The van der Waals surface area contributed by atoms with Gasteiger partial charge in [0.2, 0.25) is 0 Å². The second-order valence-corrected chi connectivity index (χ2v) is 3.86. The third kappa shape index (κ3) is 2.10. The quantitative estimate of drug-likeness (QED) is 0.487. The fourth-order valence-electron chi connectivity index (χ4n) is 1.77. The molecule has 0 aliphatic carbocycles. The van der Waals surface area contributed by atoms with Crippen LogP contribution in [-0.2, 0) is 0 Å². The van der Waals surface area contributed by atoms with Crippen molar-refractivity contribution in [2.45, 2.75) is 6.92 Å². The normalized spacial score (nSPS) is 10.2. The molecule has 0 unspecified atom stereocenters. The molecule has 0 heterocycles. The SMILES string of the molecule is Cc1ccc([N+](=O)[O-])c(-c2ccccc2N)c1. The number of nitrogens with two attached hydrogens (primary N) is 1. The van der Waals surface area contributed by atoms with Crippen molar-refractivity contribution in [1.82, 2.24) is 0 Å². The number of nitro groups is 1.